The van der Waals surface area contributed by atoms with E-state index in [1.165, 1.54) is 0 Å². The molecular formula is C20H16O4. The Hall–Kier alpha value is -2.62. The van der Waals surface area contributed by atoms with Crippen LogP contribution in [0.4, 0.5) is 0 Å². The Kier molecular flexibility index (Phi) is 2.57. The first-order valence-electron chi connectivity index (χ1n) is 8.12. The van der Waals surface area contributed by atoms with Gasteiger partial charge in [0.1, 0.15) is 17.3 Å². The maximum Gasteiger partial charge on any atom is 0.171 e. The van der Waals surface area contributed by atoms with Crippen LogP contribution in [0.1, 0.15) is 21.8 Å². The van der Waals surface area contributed by atoms with Crippen molar-refractivity contribution >= 4 is 22.3 Å². The first kappa shape index (κ1) is 13.8. The van der Waals surface area contributed by atoms with E-state index in [1.807, 2.05) is 36.4 Å². The molecule has 1 saturated carbocycles. The number of hydrogen-bond acceptors (Lipinski definition) is 4. The lowest BCUT2D eigenvalue weighted by molar-refractivity contribution is -0.121. The van der Waals surface area contributed by atoms with E-state index in [2.05, 4.69) is 0 Å². The summed E-state index contributed by atoms with van der Waals surface area (Å²) in [5.74, 6) is 0.552. The highest BCUT2D eigenvalue weighted by atomic mass is 16.5. The van der Waals surface area contributed by atoms with Crippen LogP contribution in [-0.2, 0) is 4.79 Å². The molecule has 4 atom stereocenters. The lowest BCUT2D eigenvalue weighted by Crippen LogP contribution is -2.19. The molecule has 5 rings (SSSR count). The minimum atomic E-state index is -0.304. The Labute approximate surface area is 139 Å². The van der Waals surface area contributed by atoms with Crippen LogP contribution < -0.4 is 9.47 Å². The van der Waals surface area contributed by atoms with Crippen LogP contribution in [0.3, 0.4) is 0 Å². The number of ether oxygens (including phenoxy) is 2. The van der Waals surface area contributed by atoms with Gasteiger partial charge >= 0.3 is 0 Å². The fourth-order valence-electron chi connectivity index (χ4n) is 4.93. The number of fused-ring (bicyclic) bond motifs is 8. The van der Waals surface area contributed by atoms with Crippen LogP contribution in [0.5, 0.6) is 11.5 Å². The number of rotatable bonds is 2. The average Bonchev–Trinajstić information content (AvgIpc) is 3.21. The summed E-state index contributed by atoms with van der Waals surface area (Å²) in [6, 6.07) is 7.78. The molecule has 0 aliphatic heterocycles. The van der Waals surface area contributed by atoms with Crippen LogP contribution in [0.25, 0.3) is 10.8 Å². The highest BCUT2D eigenvalue weighted by Gasteiger charge is 2.60. The van der Waals surface area contributed by atoms with Gasteiger partial charge in [0.05, 0.1) is 19.8 Å². The first-order chi connectivity index (χ1) is 11.7. The summed E-state index contributed by atoms with van der Waals surface area (Å²) in [5, 5.41) is 1.79. The van der Waals surface area contributed by atoms with Crippen molar-refractivity contribution in [1.29, 1.82) is 0 Å². The molecule has 0 N–H and O–H groups in total. The van der Waals surface area contributed by atoms with Crippen molar-refractivity contribution in [3.8, 4) is 11.5 Å². The Balaban J connectivity index is 1.91. The third-order valence-electron chi connectivity index (χ3n) is 5.79. The van der Waals surface area contributed by atoms with Crippen LogP contribution in [0, 0.1) is 17.8 Å². The molecule has 4 nitrogen and oxygen atoms in total. The smallest absolute Gasteiger partial charge is 0.171 e. The summed E-state index contributed by atoms with van der Waals surface area (Å²) >= 11 is 0. The summed E-state index contributed by atoms with van der Waals surface area (Å²) < 4.78 is 11.4. The number of ketones is 2. The van der Waals surface area contributed by atoms with Gasteiger partial charge < -0.3 is 9.47 Å². The molecule has 2 aromatic rings. The second-order valence-electron chi connectivity index (χ2n) is 6.66. The molecule has 0 spiro atoms. The van der Waals surface area contributed by atoms with Gasteiger partial charge in [-0.25, -0.2) is 0 Å². The van der Waals surface area contributed by atoms with Crippen molar-refractivity contribution in [3.63, 3.8) is 0 Å². The Morgan fingerprint density at radius 1 is 0.833 bits per heavy atom. The van der Waals surface area contributed by atoms with Gasteiger partial charge in [-0.15, -0.1) is 0 Å². The Morgan fingerprint density at radius 3 is 2.04 bits per heavy atom. The second-order valence-corrected chi connectivity index (χ2v) is 6.66. The summed E-state index contributed by atoms with van der Waals surface area (Å²) in [7, 11) is 3.21. The average molecular weight is 320 g/mol. The van der Waals surface area contributed by atoms with Crippen molar-refractivity contribution < 1.29 is 19.1 Å². The van der Waals surface area contributed by atoms with Gasteiger partial charge in [-0.3, -0.25) is 9.59 Å². The number of allylic oxidation sites excluding steroid dienone is 2. The largest absolute Gasteiger partial charge is 0.496 e. The van der Waals surface area contributed by atoms with E-state index in [0.717, 1.165) is 16.3 Å². The van der Waals surface area contributed by atoms with E-state index in [-0.39, 0.29) is 35.2 Å². The van der Waals surface area contributed by atoms with Gasteiger partial charge in [0.25, 0.3) is 0 Å². The summed E-state index contributed by atoms with van der Waals surface area (Å²) in [6.07, 6.45) is 3.86. The molecule has 4 heteroatoms. The summed E-state index contributed by atoms with van der Waals surface area (Å²) in [4.78, 5) is 25.7. The van der Waals surface area contributed by atoms with Gasteiger partial charge in [0.15, 0.2) is 5.78 Å². The van der Waals surface area contributed by atoms with Crippen molar-refractivity contribution in [1.82, 2.24) is 0 Å². The predicted molar refractivity (Wildman–Crippen MR) is 88.7 cm³/mol. The number of methoxy groups -OCH3 is 2. The van der Waals surface area contributed by atoms with E-state index in [0.29, 0.717) is 17.1 Å². The van der Waals surface area contributed by atoms with Gasteiger partial charge in [0.2, 0.25) is 0 Å². The van der Waals surface area contributed by atoms with Crippen LogP contribution >= 0.6 is 0 Å². The van der Waals surface area contributed by atoms with E-state index < -0.39 is 0 Å². The third kappa shape index (κ3) is 1.36. The zero-order valence-electron chi connectivity index (χ0n) is 13.4. The van der Waals surface area contributed by atoms with E-state index in [9.17, 15) is 9.59 Å². The SMILES string of the molecule is COc1c2c(c(OC)c3ccccc13)C1C3C=CC(C3=O)C1C2=O. The molecule has 3 aliphatic rings. The van der Waals surface area contributed by atoms with Crippen molar-refractivity contribution in [2.24, 2.45) is 17.8 Å². The van der Waals surface area contributed by atoms with Gasteiger partial charge in [-0.1, -0.05) is 36.4 Å². The normalized spacial score (nSPS) is 29.2. The van der Waals surface area contributed by atoms with E-state index >= 15 is 0 Å². The highest BCUT2D eigenvalue weighted by Crippen LogP contribution is 2.61. The molecule has 1 fully saturated rings. The first-order valence-corrected chi connectivity index (χ1v) is 8.12. The van der Waals surface area contributed by atoms with Crippen molar-refractivity contribution in [2.75, 3.05) is 14.2 Å². The van der Waals surface area contributed by atoms with Crippen LogP contribution in [-0.4, -0.2) is 25.8 Å². The molecule has 3 aliphatic carbocycles. The Morgan fingerprint density at radius 2 is 1.42 bits per heavy atom. The standard InChI is InChI=1S/C20H16O4/c1-23-19-9-5-3-4-6-10(9)20(24-2)16-15(19)13-11-7-8-12(17(11)21)14(13)18(16)22/h3-8,11-14H,1-2H3. The zero-order chi connectivity index (χ0) is 16.6. The summed E-state index contributed by atoms with van der Waals surface area (Å²) in [6.45, 7) is 0. The van der Waals surface area contributed by atoms with Crippen LogP contribution in [0.15, 0.2) is 36.4 Å². The van der Waals surface area contributed by atoms with E-state index in [4.69, 9.17) is 9.47 Å². The molecule has 0 amide bonds. The molecule has 120 valence electrons. The van der Waals surface area contributed by atoms with Gasteiger partial charge in [-0.2, -0.15) is 0 Å². The molecule has 2 aromatic carbocycles. The quantitative estimate of drug-likeness (QED) is 0.798. The fourth-order valence-corrected chi connectivity index (χ4v) is 4.93. The maximum absolute atomic E-state index is 13.2. The minimum absolute atomic E-state index is 0.0149. The molecule has 0 heterocycles. The molecule has 24 heavy (non-hydrogen) atoms. The fraction of sp³-hybridized carbons (Fsp3) is 0.300. The minimum Gasteiger partial charge on any atom is -0.496 e. The molecule has 0 saturated heterocycles. The van der Waals surface area contributed by atoms with Crippen LogP contribution in [0.2, 0.25) is 0 Å². The summed E-state index contributed by atoms with van der Waals surface area (Å²) in [5.41, 5.74) is 1.46. The molecular weight excluding hydrogens is 304 g/mol. The highest BCUT2D eigenvalue weighted by molar-refractivity contribution is 6.17. The monoisotopic (exact) mass is 320 g/mol. The number of carbonyl (C=O) groups excluding carboxylic acids is 2. The topological polar surface area (TPSA) is 52.6 Å². The molecule has 4 unspecified atom stereocenters. The number of hydrogen-bond donors (Lipinski definition) is 0. The second kappa shape index (κ2) is 4.47. The maximum atomic E-state index is 13.2. The molecule has 0 radical (unpaired) electrons. The lowest BCUT2D eigenvalue weighted by Gasteiger charge is -2.21. The lowest BCUT2D eigenvalue weighted by atomic mass is 9.82. The van der Waals surface area contributed by atoms with Gasteiger partial charge in [-0.05, 0) is 0 Å². The van der Waals surface area contributed by atoms with Crippen molar-refractivity contribution in [2.45, 2.75) is 5.92 Å². The number of carbonyl (C=O) groups is 2. The van der Waals surface area contributed by atoms with E-state index in [1.54, 1.807) is 14.2 Å². The number of benzene rings is 2. The van der Waals surface area contributed by atoms with Gasteiger partial charge in [0, 0.05) is 40.0 Å². The number of Topliss-reactive ketones (excluding diaryl/α,β-unsaturated/α-hetero) is 2. The molecule has 2 bridgehead atoms. The zero-order valence-corrected chi connectivity index (χ0v) is 13.4. The predicted octanol–water partition coefficient (Wildman–Crippen LogP) is 3.14. The third-order valence-corrected chi connectivity index (χ3v) is 5.79. The Bertz CT molecular complexity index is 956. The molecule has 0 aromatic heterocycles. The van der Waals surface area contributed by atoms with Crippen molar-refractivity contribution in [3.05, 3.63) is 47.5 Å².